The van der Waals surface area contributed by atoms with E-state index in [2.05, 4.69) is 12.2 Å². The van der Waals surface area contributed by atoms with E-state index < -0.39 is 0 Å². The van der Waals surface area contributed by atoms with E-state index in [0.717, 1.165) is 13.0 Å². The minimum atomic E-state index is 0.0617. The molecular formula is C10H19NOS. The van der Waals surface area contributed by atoms with Gasteiger partial charge in [-0.15, -0.1) is 0 Å². The quantitative estimate of drug-likeness (QED) is 0.420. The van der Waals surface area contributed by atoms with Gasteiger partial charge in [0.15, 0.2) is 0 Å². The van der Waals surface area contributed by atoms with Crippen molar-refractivity contribution in [1.82, 2.24) is 5.32 Å². The topological polar surface area (TPSA) is 21.3 Å². The molecule has 0 saturated carbocycles. The van der Waals surface area contributed by atoms with E-state index >= 15 is 0 Å². The fourth-order valence-corrected chi connectivity index (χ4v) is 1.14. The highest BCUT2D eigenvalue weighted by Gasteiger charge is 2.00. The van der Waals surface area contributed by atoms with E-state index in [1.54, 1.807) is 0 Å². The average molecular weight is 201 g/mol. The van der Waals surface area contributed by atoms with Crippen molar-refractivity contribution in [3.05, 3.63) is 12.2 Å². The molecule has 0 fully saturated rings. The van der Waals surface area contributed by atoms with Crippen molar-refractivity contribution >= 4 is 17.4 Å². The summed E-state index contributed by atoms with van der Waals surface area (Å²) in [4.78, 5) is 0. The molecule has 0 spiro atoms. The molecule has 0 amide bonds. The van der Waals surface area contributed by atoms with Crippen LogP contribution in [-0.2, 0) is 4.74 Å². The summed E-state index contributed by atoms with van der Waals surface area (Å²) in [6.07, 6.45) is 6.28. The second-order valence-electron chi connectivity index (χ2n) is 2.92. The number of nitrogens with one attached hydrogen (secondary N) is 1. The van der Waals surface area contributed by atoms with E-state index in [9.17, 15) is 0 Å². The third kappa shape index (κ3) is 7.78. The Bertz CT molecular complexity index is 168. The van der Waals surface area contributed by atoms with Crippen molar-refractivity contribution < 1.29 is 4.74 Å². The van der Waals surface area contributed by atoms with Gasteiger partial charge in [0.25, 0.3) is 5.17 Å². The van der Waals surface area contributed by atoms with Crippen LogP contribution in [0, 0.1) is 0 Å². The van der Waals surface area contributed by atoms with Gasteiger partial charge in [0.05, 0.1) is 0 Å². The van der Waals surface area contributed by atoms with Crippen LogP contribution in [-0.4, -0.2) is 17.8 Å². The van der Waals surface area contributed by atoms with Crippen LogP contribution in [0.1, 0.15) is 33.6 Å². The van der Waals surface area contributed by atoms with Crippen LogP contribution in [0.3, 0.4) is 0 Å². The van der Waals surface area contributed by atoms with Crippen molar-refractivity contribution in [3.8, 4) is 0 Å². The molecule has 0 saturated heterocycles. The third-order valence-corrected chi connectivity index (χ3v) is 1.80. The zero-order valence-electron chi connectivity index (χ0n) is 8.67. The Kier molecular flexibility index (Phi) is 7.69. The molecule has 0 aliphatic rings. The Morgan fingerprint density at radius 1 is 1.62 bits per heavy atom. The monoisotopic (exact) mass is 201 g/mol. The molecule has 0 aromatic heterocycles. The van der Waals surface area contributed by atoms with Crippen LogP contribution in [0.2, 0.25) is 0 Å². The number of allylic oxidation sites excluding steroid dienone is 1. The first-order valence-corrected chi connectivity index (χ1v) is 5.18. The molecule has 0 aliphatic carbocycles. The van der Waals surface area contributed by atoms with E-state index in [-0.39, 0.29) is 6.10 Å². The number of ether oxygens (including phenoxy) is 1. The van der Waals surface area contributed by atoms with E-state index in [4.69, 9.17) is 17.0 Å². The first-order valence-electron chi connectivity index (χ1n) is 4.78. The minimum absolute atomic E-state index is 0.0617. The normalized spacial score (nSPS) is 12.8. The van der Waals surface area contributed by atoms with Crippen molar-refractivity contribution in [3.63, 3.8) is 0 Å². The summed E-state index contributed by atoms with van der Waals surface area (Å²) in [5, 5.41) is 3.55. The van der Waals surface area contributed by atoms with Crippen LogP contribution in [0.25, 0.3) is 0 Å². The van der Waals surface area contributed by atoms with Gasteiger partial charge < -0.3 is 10.1 Å². The maximum Gasteiger partial charge on any atom is 0.257 e. The van der Waals surface area contributed by atoms with E-state index in [1.807, 2.05) is 26.0 Å². The number of thiocarbonyl (C=S) groups is 1. The molecule has 13 heavy (non-hydrogen) atoms. The minimum Gasteiger partial charge on any atom is -0.464 e. The summed E-state index contributed by atoms with van der Waals surface area (Å²) in [5.74, 6) is 0. The molecular weight excluding hydrogens is 182 g/mol. The lowest BCUT2D eigenvalue weighted by molar-refractivity contribution is 0.251. The molecule has 0 bridgehead atoms. The molecule has 0 aromatic carbocycles. The predicted molar refractivity (Wildman–Crippen MR) is 60.9 cm³/mol. The SMILES string of the molecule is C/C=C/C(C)OC(=S)NCCCC. The average Bonchev–Trinajstić information content (AvgIpc) is 2.05. The molecule has 3 heteroatoms. The zero-order valence-corrected chi connectivity index (χ0v) is 9.49. The van der Waals surface area contributed by atoms with E-state index in [0.29, 0.717) is 5.17 Å². The van der Waals surface area contributed by atoms with Gasteiger partial charge >= 0.3 is 0 Å². The van der Waals surface area contributed by atoms with Gasteiger partial charge in [-0.2, -0.15) is 0 Å². The molecule has 0 heterocycles. The Hall–Kier alpha value is -0.570. The third-order valence-electron chi connectivity index (χ3n) is 1.56. The number of hydrogen-bond acceptors (Lipinski definition) is 2. The summed E-state index contributed by atoms with van der Waals surface area (Å²) < 4.78 is 5.37. The highest BCUT2D eigenvalue weighted by Crippen LogP contribution is 1.94. The first kappa shape index (κ1) is 12.4. The molecule has 0 radical (unpaired) electrons. The summed E-state index contributed by atoms with van der Waals surface area (Å²) in [6.45, 7) is 6.98. The second kappa shape index (κ2) is 8.05. The Morgan fingerprint density at radius 3 is 2.85 bits per heavy atom. The lowest BCUT2D eigenvalue weighted by Gasteiger charge is -2.12. The summed E-state index contributed by atoms with van der Waals surface area (Å²) in [5.41, 5.74) is 0. The molecule has 0 aliphatic heterocycles. The van der Waals surface area contributed by atoms with Gasteiger partial charge in [0.2, 0.25) is 0 Å². The van der Waals surface area contributed by atoms with Crippen molar-refractivity contribution in [2.75, 3.05) is 6.54 Å². The Balaban J connectivity index is 3.50. The van der Waals surface area contributed by atoms with Crippen molar-refractivity contribution in [2.24, 2.45) is 0 Å². The van der Waals surface area contributed by atoms with Crippen LogP contribution in [0.4, 0.5) is 0 Å². The van der Waals surface area contributed by atoms with Gasteiger partial charge in [0, 0.05) is 6.54 Å². The number of unbranched alkanes of at least 4 members (excludes halogenated alkanes) is 1. The fraction of sp³-hybridized carbons (Fsp3) is 0.700. The van der Waals surface area contributed by atoms with E-state index in [1.165, 1.54) is 6.42 Å². The number of hydrogen-bond donors (Lipinski definition) is 1. The van der Waals surface area contributed by atoms with Gasteiger partial charge in [-0.05, 0) is 38.6 Å². The molecule has 2 nitrogen and oxygen atoms in total. The van der Waals surface area contributed by atoms with Crippen LogP contribution >= 0.6 is 12.2 Å². The Labute approximate surface area is 86.4 Å². The van der Waals surface area contributed by atoms with Crippen LogP contribution in [0.5, 0.6) is 0 Å². The molecule has 1 N–H and O–H groups in total. The van der Waals surface area contributed by atoms with Crippen molar-refractivity contribution in [2.45, 2.75) is 39.7 Å². The predicted octanol–water partition coefficient (Wildman–Crippen LogP) is 2.64. The summed E-state index contributed by atoms with van der Waals surface area (Å²) >= 11 is 4.99. The van der Waals surface area contributed by atoms with Gasteiger partial charge in [-0.3, -0.25) is 0 Å². The lowest BCUT2D eigenvalue weighted by Crippen LogP contribution is -2.27. The molecule has 0 rings (SSSR count). The second-order valence-corrected chi connectivity index (χ2v) is 3.29. The van der Waals surface area contributed by atoms with Gasteiger partial charge in [-0.25, -0.2) is 0 Å². The van der Waals surface area contributed by atoms with Crippen LogP contribution in [0.15, 0.2) is 12.2 Å². The number of rotatable bonds is 5. The molecule has 76 valence electrons. The van der Waals surface area contributed by atoms with Crippen LogP contribution < -0.4 is 5.32 Å². The smallest absolute Gasteiger partial charge is 0.257 e. The fourth-order valence-electron chi connectivity index (χ4n) is 0.888. The maximum atomic E-state index is 5.37. The Morgan fingerprint density at radius 2 is 2.31 bits per heavy atom. The zero-order chi connectivity index (χ0) is 10.1. The highest BCUT2D eigenvalue weighted by atomic mass is 32.1. The lowest BCUT2D eigenvalue weighted by atomic mass is 10.3. The van der Waals surface area contributed by atoms with Gasteiger partial charge in [-0.1, -0.05) is 19.4 Å². The first-order chi connectivity index (χ1) is 6.20. The molecule has 1 unspecified atom stereocenters. The maximum absolute atomic E-state index is 5.37. The van der Waals surface area contributed by atoms with Crippen molar-refractivity contribution in [1.29, 1.82) is 0 Å². The summed E-state index contributed by atoms with van der Waals surface area (Å²) in [6, 6.07) is 0. The largest absolute Gasteiger partial charge is 0.464 e. The van der Waals surface area contributed by atoms with Gasteiger partial charge in [0.1, 0.15) is 6.10 Å². The molecule has 1 atom stereocenters. The highest BCUT2D eigenvalue weighted by molar-refractivity contribution is 7.80. The standard InChI is InChI=1S/C10H19NOS/c1-4-6-8-11-10(13)12-9(3)7-5-2/h5,7,9H,4,6,8H2,1-3H3,(H,11,13)/b7-5+. The summed E-state index contributed by atoms with van der Waals surface area (Å²) in [7, 11) is 0. The molecule has 0 aromatic rings.